The fourth-order valence-electron chi connectivity index (χ4n) is 2.50. The van der Waals surface area contributed by atoms with Crippen LogP contribution in [0, 0.1) is 0 Å². The first-order valence-corrected chi connectivity index (χ1v) is 6.25. The number of aromatic nitrogens is 2. The molecule has 0 aromatic carbocycles. The van der Waals surface area contributed by atoms with Crippen molar-refractivity contribution in [2.24, 2.45) is 0 Å². The lowest BCUT2D eigenvalue weighted by Gasteiger charge is -2.28. The van der Waals surface area contributed by atoms with Crippen molar-refractivity contribution in [3.63, 3.8) is 0 Å². The second-order valence-corrected chi connectivity index (χ2v) is 4.89. The van der Waals surface area contributed by atoms with Gasteiger partial charge in [-0.3, -0.25) is 4.79 Å². The van der Waals surface area contributed by atoms with E-state index in [1.807, 2.05) is 0 Å². The number of H-pyrrole nitrogens is 1. The Kier molecular flexibility index (Phi) is 3.98. The molecular weight excluding hydrogens is 232 g/mol. The predicted molar refractivity (Wildman–Crippen MR) is 67.5 cm³/mol. The third kappa shape index (κ3) is 2.70. The number of nitrogens with one attached hydrogen (secondary N) is 2. The highest BCUT2D eigenvalue weighted by Crippen LogP contribution is 2.25. The smallest absolute Gasteiger partial charge is 0.328 e. The largest absolute Gasteiger partial charge is 0.480 e. The number of carbonyl (C=O) groups is 1. The Balaban J connectivity index is 2.12. The SMILES string of the molecule is CNC(C(=O)O)c1ncc(C2CCCN(C)C2)[nH]1. The van der Waals surface area contributed by atoms with Crippen molar-refractivity contribution < 1.29 is 9.90 Å². The number of imidazole rings is 1. The minimum atomic E-state index is -0.917. The number of aliphatic carboxylic acids is 1. The maximum Gasteiger partial charge on any atom is 0.328 e. The van der Waals surface area contributed by atoms with E-state index < -0.39 is 12.0 Å². The first-order valence-electron chi connectivity index (χ1n) is 6.25. The molecule has 0 saturated carbocycles. The van der Waals surface area contributed by atoms with Gasteiger partial charge >= 0.3 is 5.97 Å². The monoisotopic (exact) mass is 252 g/mol. The zero-order valence-electron chi connectivity index (χ0n) is 10.8. The van der Waals surface area contributed by atoms with Crippen molar-refractivity contribution in [3.05, 3.63) is 17.7 Å². The second-order valence-electron chi connectivity index (χ2n) is 4.89. The fourth-order valence-corrected chi connectivity index (χ4v) is 2.50. The number of hydrogen-bond acceptors (Lipinski definition) is 4. The molecule has 1 aromatic rings. The molecule has 1 aromatic heterocycles. The molecule has 0 aliphatic carbocycles. The Bertz CT molecular complexity index is 418. The number of nitrogens with zero attached hydrogens (tertiary/aromatic N) is 2. The zero-order chi connectivity index (χ0) is 13.1. The molecule has 6 heteroatoms. The van der Waals surface area contributed by atoms with Gasteiger partial charge in [-0.1, -0.05) is 0 Å². The molecule has 100 valence electrons. The van der Waals surface area contributed by atoms with Crippen LogP contribution < -0.4 is 5.32 Å². The molecule has 1 saturated heterocycles. The summed E-state index contributed by atoms with van der Waals surface area (Å²) in [6.07, 6.45) is 4.07. The van der Waals surface area contributed by atoms with Gasteiger partial charge in [0, 0.05) is 24.4 Å². The number of carboxylic acids is 1. The Hall–Kier alpha value is -1.40. The van der Waals surface area contributed by atoms with Gasteiger partial charge in [-0.05, 0) is 33.5 Å². The van der Waals surface area contributed by atoms with E-state index in [1.165, 1.54) is 6.42 Å². The Labute approximate surface area is 106 Å². The average Bonchev–Trinajstić information content (AvgIpc) is 2.79. The maximum absolute atomic E-state index is 11.0. The summed E-state index contributed by atoms with van der Waals surface area (Å²) in [6, 6.07) is -0.764. The minimum Gasteiger partial charge on any atom is -0.480 e. The van der Waals surface area contributed by atoms with E-state index in [4.69, 9.17) is 5.11 Å². The van der Waals surface area contributed by atoms with Gasteiger partial charge in [-0.25, -0.2) is 4.98 Å². The van der Waals surface area contributed by atoms with Crippen molar-refractivity contribution in [1.82, 2.24) is 20.2 Å². The molecule has 1 fully saturated rings. The number of aromatic amines is 1. The lowest BCUT2D eigenvalue weighted by molar-refractivity contribution is -0.139. The van der Waals surface area contributed by atoms with Crippen molar-refractivity contribution >= 4 is 5.97 Å². The number of likely N-dealkylation sites (N-methyl/N-ethyl adjacent to an activating group) is 2. The van der Waals surface area contributed by atoms with Gasteiger partial charge in [0.05, 0.1) is 0 Å². The Morgan fingerprint density at radius 3 is 3.11 bits per heavy atom. The number of piperidine rings is 1. The third-order valence-corrected chi connectivity index (χ3v) is 3.49. The van der Waals surface area contributed by atoms with Crippen LogP contribution >= 0.6 is 0 Å². The van der Waals surface area contributed by atoms with E-state index in [1.54, 1.807) is 13.2 Å². The van der Waals surface area contributed by atoms with Gasteiger partial charge in [-0.15, -0.1) is 0 Å². The molecule has 3 N–H and O–H groups in total. The van der Waals surface area contributed by atoms with Crippen LogP contribution in [-0.2, 0) is 4.79 Å². The topological polar surface area (TPSA) is 81.2 Å². The van der Waals surface area contributed by atoms with Crippen LogP contribution in [0.5, 0.6) is 0 Å². The molecule has 2 rings (SSSR count). The molecule has 1 aliphatic heterocycles. The normalized spacial score (nSPS) is 22.9. The van der Waals surface area contributed by atoms with E-state index in [2.05, 4.69) is 27.2 Å². The average molecular weight is 252 g/mol. The second kappa shape index (κ2) is 5.49. The van der Waals surface area contributed by atoms with Crippen LogP contribution in [0.25, 0.3) is 0 Å². The van der Waals surface area contributed by atoms with Crippen LogP contribution in [0.15, 0.2) is 6.20 Å². The highest BCUT2D eigenvalue weighted by atomic mass is 16.4. The minimum absolute atomic E-state index is 0.427. The summed E-state index contributed by atoms with van der Waals surface area (Å²) < 4.78 is 0. The predicted octanol–water partition coefficient (Wildman–Crippen LogP) is 0.564. The summed E-state index contributed by atoms with van der Waals surface area (Å²) >= 11 is 0. The Morgan fingerprint density at radius 2 is 2.50 bits per heavy atom. The van der Waals surface area contributed by atoms with E-state index in [0.717, 1.165) is 25.2 Å². The van der Waals surface area contributed by atoms with Crippen molar-refractivity contribution in [3.8, 4) is 0 Å². The van der Waals surface area contributed by atoms with E-state index in [-0.39, 0.29) is 0 Å². The molecule has 6 nitrogen and oxygen atoms in total. The van der Waals surface area contributed by atoms with Crippen LogP contribution in [0.4, 0.5) is 0 Å². The molecule has 0 amide bonds. The molecule has 0 radical (unpaired) electrons. The van der Waals surface area contributed by atoms with Crippen LogP contribution in [0.2, 0.25) is 0 Å². The maximum atomic E-state index is 11.0. The molecule has 1 aliphatic rings. The highest BCUT2D eigenvalue weighted by Gasteiger charge is 2.24. The summed E-state index contributed by atoms with van der Waals surface area (Å²) in [7, 11) is 3.73. The van der Waals surface area contributed by atoms with E-state index >= 15 is 0 Å². The molecule has 2 atom stereocenters. The molecule has 0 spiro atoms. The molecule has 2 heterocycles. The first kappa shape index (κ1) is 13.0. The molecule has 18 heavy (non-hydrogen) atoms. The fraction of sp³-hybridized carbons (Fsp3) is 0.667. The summed E-state index contributed by atoms with van der Waals surface area (Å²) in [5.41, 5.74) is 1.04. The van der Waals surface area contributed by atoms with Crippen molar-refractivity contribution in [2.45, 2.75) is 24.8 Å². The van der Waals surface area contributed by atoms with Crippen molar-refractivity contribution in [1.29, 1.82) is 0 Å². The number of likely N-dealkylation sites (tertiary alicyclic amines) is 1. The summed E-state index contributed by atoms with van der Waals surface area (Å²) in [5.74, 6) is -0.0105. The highest BCUT2D eigenvalue weighted by molar-refractivity contribution is 5.74. The van der Waals surface area contributed by atoms with Gasteiger partial charge in [0.15, 0.2) is 6.04 Å². The number of hydrogen-bond donors (Lipinski definition) is 3. The van der Waals surface area contributed by atoms with Gasteiger partial charge in [-0.2, -0.15) is 0 Å². The van der Waals surface area contributed by atoms with Crippen molar-refractivity contribution in [2.75, 3.05) is 27.2 Å². The van der Waals surface area contributed by atoms with E-state index in [9.17, 15) is 4.79 Å². The number of rotatable bonds is 4. The quantitative estimate of drug-likeness (QED) is 0.729. The van der Waals surface area contributed by atoms with Crippen LogP contribution in [-0.4, -0.2) is 53.1 Å². The van der Waals surface area contributed by atoms with Gasteiger partial charge in [0.1, 0.15) is 5.82 Å². The van der Waals surface area contributed by atoms with Crippen LogP contribution in [0.3, 0.4) is 0 Å². The molecular formula is C12H20N4O2. The van der Waals surface area contributed by atoms with Gasteiger partial charge in [0.25, 0.3) is 0 Å². The first-order chi connectivity index (χ1) is 8.61. The summed E-state index contributed by atoms with van der Waals surface area (Å²) in [4.78, 5) is 20.7. The van der Waals surface area contributed by atoms with Crippen LogP contribution in [0.1, 0.15) is 36.3 Å². The molecule has 2 unspecified atom stereocenters. The summed E-state index contributed by atoms with van der Waals surface area (Å²) in [5, 5.41) is 11.8. The summed E-state index contributed by atoms with van der Waals surface area (Å²) in [6.45, 7) is 2.13. The standard InChI is InChI=1S/C12H20N4O2/c1-13-10(12(17)18)11-14-6-9(15-11)8-4-3-5-16(2)7-8/h6,8,10,13H,3-5,7H2,1-2H3,(H,14,15)(H,17,18). The zero-order valence-corrected chi connectivity index (χ0v) is 10.8. The lowest BCUT2D eigenvalue weighted by Crippen LogP contribution is -2.31. The number of carboxylic acid groups (broad SMARTS) is 1. The van der Waals surface area contributed by atoms with E-state index in [0.29, 0.717) is 11.7 Å². The lowest BCUT2D eigenvalue weighted by atomic mass is 9.96. The third-order valence-electron chi connectivity index (χ3n) is 3.49. The molecule has 0 bridgehead atoms. The van der Waals surface area contributed by atoms with Gasteiger partial charge < -0.3 is 20.3 Å². The Morgan fingerprint density at radius 1 is 1.72 bits per heavy atom. The van der Waals surface area contributed by atoms with Gasteiger partial charge in [0.2, 0.25) is 0 Å².